The minimum Gasteiger partial charge on any atom is -0.380 e. The van der Waals surface area contributed by atoms with Crippen LogP contribution < -0.4 is 5.32 Å². The fourth-order valence-corrected chi connectivity index (χ4v) is 3.83. The zero-order valence-electron chi connectivity index (χ0n) is 14.7. The first-order chi connectivity index (χ1) is 12.3. The molecule has 2 aromatic rings. The lowest BCUT2D eigenvalue weighted by Crippen LogP contribution is -2.41. The van der Waals surface area contributed by atoms with Gasteiger partial charge in [-0.1, -0.05) is 6.07 Å². The summed E-state index contributed by atoms with van der Waals surface area (Å²) in [6.07, 6.45) is 6.94. The van der Waals surface area contributed by atoms with Crippen molar-refractivity contribution in [2.45, 2.75) is 38.1 Å². The van der Waals surface area contributed by atoms with Crippen LogP contribution in [-0.4, -0.2) is 52.2 Å². The molecule has 2 saturated heterocycles. The topological polar surface area (TPSA) is 63.2 Å². The minimum absolute atomic E-state index is 0.444. The zero-order chi connectivity index (χ0) is 17.1. The molecule has 4 heterocycles. The molecule has 1 N–H and O–H groups in total. The number of pyridine rings is 1. The Labute approximate surface area is 148 Å². The largest absolute Gasteiger partial charge is 0.380 e. The van der Waals surface area contributed by atoms with E-state index in [0.29, 0.717) is 12.0 Å². The van der Waals surface area contributed by atoms with Crippen LogP contribution in [0, 0.1) is 6.92 Å². The predicted molar refractivity (Wildman–Crippen MR) is 97.1 cm³/mol. The van der Waals surface area contributed by atoms with E-state index in [4.69, 9.17) is 4.74 Å². The van der Waals surface area contributed by atoms with Crippen LogP contribution in [-0.2, 0) is 4.74 Å². The summed E-state index contributed by atoms with van der Waals surface area (Å²) in [6, 6.07) is 6.57. The second-order valence-corrected chi connectivity index (χ2v) is 6.91. The lowest BCUT2D eigenvalue weighted by atomic mass is 9.92. The first-order valence-corrected chi connectivity index (χ1v) is 9.13. The lowest BCUT2D eigenvalue weighted by molar-refractivity contribution is 0.121. The second kappa shape index (κ2) is 7.45. The van der Waals surface area contributed by atoms with Crippen LogP contribution in [0.15, 0.2) is 30.6 Å². The number of hydrogen-bond acceptors (Lipinski definition) is 6. The summed E-state index contributed by atoms with van der Waals surface area (Å²) in [5.41, 5.74) is 2.05. The Morgan fingerprint density at radius 2 is 1.96 bits per heavy atom. The average Bonchev–Trinajstić information content (AvgIpc) is 3.17. The zero-order valence-corrected chi connectivity index (χ0v) is 14.7. The number of rotatable bonds is 4. The molecule has 0 spiro atoms. The Bertz CT molecular complexity index is 708. The van der Waals surface area contributed by atoms with Crippen molar-refractivity contribution in [3.63, 3.8) is 0 Å². The van der Waals surface area contributed by atoms with E-state index < -0.39 is 0 Å². The quantitative estimate of drug-likeness (QED) is 0.924. The summed E-state index contributed by atoms with van der Waals surface area (Å²) in [7, 11) is 0. The highest BCUT2D eigenvalue weighted by molar-refractivity contribution is 5.54. The van der Waals surface area contributed by atoms with Gasteiger partial charge in [0, 0.05) is 36.7 Å². The number of aromatic nitrogens is 3. The summed E-state index contributed by atoms with van der Waals surface area (Å²) < 4.78 is 5.54. The molecule has 0 aromatic carbocycles. The Hall–Kier alpha value is -2.05. The maximum Gasteiger partial charge on any atom is 0.153 e. The van der Waals surface area contributed by atoms with E-state index in [2.05, 4.69) is 25.2 Å². The van der Waals surface area contributed by atoms with Crippen LogP contribution in [0.25, 0.3) is 0 Å². The van der Waals surface area contributed by atoms with Crippen molar-refractivity contribution in [3.05, 3.63) is 42.0 Å². The Morgan fingerprint density at radius 1 is 1.12 bits per heavy atom. The maximum atomic E-state index is 5.54. The predicted octanol–water partition coefficient (Wildman–Crippen LogP) is 2.89. The number of nitrogens with one attached hydrogen (secondary N) is 1. The van der Waals surface area contributed by atoms with Crippen molar-refractivity contribution >= 4 is 11.6 Å². The summed E-state index contributed by atoms with van der Waals surface area (Å²) in [6.45, 7) is 6.01. The lowest BCUT2D eigenvalue weighted by Gasteiger charge is -2.35. The molecule has 6 nitrogen and oxygen atoms in total. The molecule has 4 rings (SSSR count). The van der Waals surface area contributed by atoms with Gasteiger partial charge in [-0.2, -0.15) is 0 Å². The first kappa shape index (κ1) is 16.4. The molecule has 2 fully saturated rings. The number of likely N-dealkylation sites (tertiary alicyclic amines) is 1. The standard InChI is InChI=1S/C19H25N5O/c1-14-3-2-4-17(22-14)23-19-18(20-8-9-21-19)15-5-10-24(11-6-15)16-7-12-25-13-16/h2-4,8-9,15-16H,5-7,10-13H2,1H3,(H,21,22,23)/t16-/m1/s1. The van der Waals surface area contributed by atoms with E-state index in [1.807, 2.05) is 25.1 Å². The molecule has 0 bridgehead atoms. The molecule has 2 aliphatic heterocycles. The van der Waals surface area contributed by atoms with Gasteiger partial charge < -0.3 is 10.1 Å². The molecule has 0 aliphatic carbocycles. The van der Waals surface area contributed by atoms with Crippen molar-refractivity contribution in [1.29, 1.82) is 0 Å². The molecule has 0 saturated carbocycles. The van der Waals surface area contributed by atoms with E-state index in [1.54, 1.807) is 12.4 Å². The van der Waals surface area contributed by atoms with Gasteiger partial charge in [0.25, 0.3) is 0 Å². The van der Waals surface area contributed by atoms with Gasteiger partial charge in [-0.3, -0.25) is 9.88 Å². The fraction of sp³-hybridized carbons (Fsp3) is 0.526. The van der Waals surface area contributed by atoms with Crippen molar-refractivity contribution in [1.82, 2.24) is 19.9 Å². The van der Waals surface area contributed by atoms with E-state index in [1.165, 1.54) is 6.42 Å². The molecule has 132 valence electrons. The SMILES string of the molecule is Cc1cccc(Nc2nccnc2C2CCN([C@@H]3CCOC3)CC2)n1. The third-order valence-corrected chi connectivity index (χ3v) is 5.20. The monoisotopic (exact) mass is 339 g/mol. The highest BCUT2D eigenvalue weighted by atomic mass is 16.5. The summed E-state index contributed by atoms with van der Waals surface area (Å²) >= 11 is 0. The number of piperidine rings is 1. The normalized spacial score (nSPS) is 22.2. The molecule has 0 amide bonds. The number of hydrogen-bond donors (Lipinski definition) is 1. The summed E-state index contributed by atoms with van der Waals surface area (Å²) in [5.74, 6) is 2.10. The van der Waals surface area contributed by atoms with Gasteiger partial charge in [-0.05, 0) is 51.4 Å². The van der Waals surface area contributed by atoms with Gasteiger partial charge in [0.1, 0.15) is 5.82 Å². The van der Waals surface area contributed by atoms with Crippen LogP contribution in [0.5, 0.6) is 0 Å². The molecule has 0 unspecified atom stereocenters. The van der Waals surface area contributed by atoms with Crippen LogP contribution in [0.4, 0.5) is 11.6 Å². The molecule has 25 heavy (non-hydrogen) atoms. The Balaban J connectivity index is 1.46. The van der Waals surface area contributed by atoms with Crippen LogP contribution in [0.2, 0.25) is 0 Å². The van der Waals surface area contributed by atoms with Crippen molar-refractivity contribution < 1.29 is 4.74 Å². The highest BCUT2D eigenvalue weighted by Gasteiger charge is 2.29. The average molecular weight is 339 g/mol. The number of nitrogens with zero attached hydrogens (tertiary/aromatic N) is 4. The Kier molecular flexibility index (Phi) is 4.90. The van der Waals surface area contributed by atoms with E-state index in [0.717, 1.165) is 62.2 Å². The summed E-state index contributed by atoms with van der Waals surface area (Å²) in [5, 5.41) is 3.36. The third-order valence-electron chi connectivity index (χ3n) is 5.20. The van der Waals surface area contributed by atoms with Gasteiger partial charge >= 0.3 is 0 Å². The maximum absolute atomic E-state index is 5.54. The number of anilines is 2. The molecular formula is C19H25N5O. The van der Waals surface area contributed by atoms with Gasteiger partial charge in [0.15, 0.2) is 5.82 Å². The van der Waals surface area contributed by atoms with Crippen LogP contribution in [0.1, 0.15) is 36.6 Å². The fourth-order valence-electron chi connectivity index (χ4n) is 3.83. The van der Waals surface area contributed by atoms with Crippen molar-refractivity contribution in [3.8, 4) is 0 Å². The Morgan fingerprint density at radius 3 is 2.72 bits per heavy atom. The van der Waals surface area contributed by atoms with Crippen molar-refractivity contribution in [2.24, 2.45) is 0 Å². The molecule has 0 radical (unpaired) electrons. The number of ether oxygens (including phenoxy) is 1. The minimum atomic E-state index is 0.444. The van der Waals surface area contributed by atoms with Crippen molar-refractivity contribution in [2.75, 3.05) is 31.6 Å². The van der Waals surface area contributed by atoms with Gasteiger partial charge in [-0.25, -0.2) is 9.97 Å². The smallest absolute Gasteiger partial charge is 0.153 e. The van der Waals surface area contributed by atoms with Crippen LogP contribution >= 0.6 is 0 Å². The molecular weight excluding hydrogens is 314 g/mol. The molecule has 6 heteroatoms. The molecule has 1 atom stereocenters. The molecule has 2 aromatic heterocycles. The van der Waals surface area contributed by atoms with Crippen LogP contribution in [0.3, 0.4) is 0 Å². The highest BCUT2D eigenvalue weighted by Crippen LogP contribution is 2.32. The van der Waals surface area contributed by atoms with E-state index in [9.17, 15) is 0 Å². The van der Waals surface area contributed by atoms with Gasteiger partial charge in [0.05, 0.1) is 12.3 Å². The second-order valence-electron chi connectivity index (χ2n) is 6.91. The van der Waals surface area contributed by atoms with E-state index in [-0.39, 0.29) is 0 Å². The van der Waals surface area contributed by atoms with Gasteiger partial charge in [-0.15, -0.1) is 0 Å². The van der Waals surface area contributed by atoms with E-state index >= 15 is 0 Å². The number of aryl methyl sites for hydroxylation is 1. The van der Waals surface area contributed by atoms with Gasteiger partial charge in [0.2, 0.25) is 0 Å². The summed E-state index contributed by atoms with van der Waals surface area (Å²) in [4.78, 5) is 16.3. The third kappa shape index (κ3) is 3.80. The molecule has 2 aliphatic rings. The first-order valence-electron chi connectivity index (χ1n) is 9.13.